The Morgan fingerprint density at radius 2 is 2.24 bits per heavy atom. The lowest BCUT2D eigenvalue weighted by atomic mass is 10.4. The van der Waals surface area contributed by atoms with Gasteiger partial charge in [0.1, 0.15) is 0 Å². The second kappa shape index (κ2) is 7.34. The van der Waals surface area contributed by atoms with Crippen molar-refractivity contribution in [3.05, 3.63) is 30.2 Å². The van der Waals surface area contributed by atoms with Gasteiger partial charge < -0.3 is 14.8 Å². The van der Waals surface area contributed by atoms with Gasteiger partial charge in [-0.3, -0.25) is 0 Å². The summed E-state index contributed by atoms with van der Waals surface area (Å²) in [6.07, 6.45) is 4.15. The number of H-pyrrole nitrogens is 1. The number of aromatic amines is 1. The van der Waals surface area contributed by atoms with Crippen LogP contribution in [0.3, 0.4) is 0 Å². The van der Waals surface area contributed by atoms with Crippen molar-refractivity contribution in [3.63, 3.8) is 0 Å². The van der Waals surface area contributed by atoms with Gasteiger partial charge in [0.05, 0.1) is 4.90 Å². The Bertz CT molecular complexity index is 636. The van der Waals surface area contributed by atoms with E-state index in [1.54, 1.807) is 6.07 Å². The van der Waals surface area contributed by atoms with Gasteiger partial charge in [0.25, 0.3) is 0 Å². The maximum Gasteiger partial charge on any atom is 0.242 e. The van der Waals surface area contributed by atoms with Crippen LogP contribution < -0.4 is 10.0 Å². The second-order valence-electron chi connectivity index (χ2n) is 4.52. The Balaban J connectivity index is 1.86. The summed E-state index contributed by atoms with van der Waals surface area (Å²) in [5.74, 6) is 0.399. The molecule has 0 aliphatic heterocycles. The summed E-state index contributed by atoms with van der Waals surface area (Å²) in [5.41, 5.74) is 0.834. The van der Waals surface area contributed by atoms with Crippen LogP contribution in [0.15, 0.2) is 28.0 Å². The molecule has 0 saturated heterocycles. The van der Waals surface area contributed by atoms with Crippen molar-refractivity contribution in [1.82, 2.24) is 25.2 Å². The maximum absolute atomic E-state index is 12.1. The van der Waals surface area contributed by atoms with E-state index in [2.05, 4.69) is 32.1 Å². The Kier molecular flexibility index (Phi) is 5.48. The smallest absolute Gasteiger partial charge is 0.242 e. The molecule has 3 N–H and O–H groups in total. The lowest BCUT2D eigenvalue weighted by Crippen LogP contribution is -2.25. The van der Waals surface area contributed by atoms with Crippen LogP contribution in [0.5, 0.6) is 0 Å². The molecule has 0 amide bonds. The highest BCUT2D eigenvalue weighted by molar-refractivity contribution is 7.89. The Hall–Kier alpha value is -1.71. The second-order valence-corrected chi connectivity index (χ2v) is 6.29. The van der Waals surface area contributed by atoms with E-state index in [-0.39, 0.29) is 11.4 Å². The van der Waals surface area contributed by atoms with Crippen molar-refractivity contribution in [2.45, 2.75) is 31.2 Å². The summed E-state index contributed by atoms with van der Waals surface area (Å²) in [5, 5.41) is 6.66. The molecule has 0 unspecified atom stereocenters. The fourth-order valence-corrected chi connectivity index (χ4v) is 2.81. The minimum atomic E-state index is -3.52. The van der Waals surface area contributed by atoms with Crippen LogP contribution in [-0.4, -0.2) is 36.6 Å². The summed E-state index contributed by atoms with van der Waals surface area (Å²) in [6, 6.07) is 1.62. The normalized spacial score (nSPS) is 11.9. The zero-order chi connectivity index (χ0) is 15.1. The molecule has 9 heteroatoms. The molecular weight excluding hydrogens is 294 g/mol. The molecule has 8 nitrogen and oxygen atoms in total. The summed E-state index contributed by atoms with van der Waals surface area (Å²) in [4.78, 5) is 7.00. The van der Waals surface area contributed by atoms with Crippen LogP contribution in [0, 0.1) is 0 Å². The molecule has 0 radical (unpaired) electrons. The average Bonchev–Trinajstić information content (AvgIpc) is 3.10. The van der Waals surface area contributed by atoms with Crippen molar-refractivity contribution in [1.29, 1.82) is 0 Å². The van der Waals surface area contributed by atoms with E-state index in [1.165, 1.54) is 12.5 Å². The number of hydrogen-bond acceptors (Lipinski definition) is 6. The fraction of sp³-hybridized carbons (Fsp3) is 0.500. The SMILES string of the molecule is CCCNCc1cc(S(=O)(=O)NCCc2ncno2)c[nH]1. The van der Waals surface area contributed by atoms with E-state index in [1.807, 2.05) is 0 Å². The largest absolute Gasteiger partial charge is 0.363 e. The minimum Gasteiger partial charge on any atom is -0.363 e. The van der Waals surface area contributed by atoms with E-state index in [0.29, 0.717) is 18.9 Å². The summed E-state index contributed by atoms with van der Waals surface area (Å²) in [6.45, 7) is 3.79. The molecule has 2 heterocycles. The van der Waals surface area contributed by atoms with Crippen molar-refractivity contribution in [2.75, 3.05) is 13.1 Å². The number of nitrogens with one attached hydrogen (secondary N) is 3. The van der Waals surface area contributed by atoms with Gasteiger partial charge in [-0.05, 0) is 19.0 Å². The summed E-state index contributed by atoms with van der Waals surface area (Å²) < 4.78 is 31.5. The molecule has 21 heavy (non-hydrogen) atoms. The van der Waals surface area contributed by atoms with Gasteiger partial charge >= 0.3 is 0 Å². The van der Waals surface area contributed by atoms with Gasteiger partial charge in [-0.1, -0.05) is 12.1 Å². The predicted molar refractivity (Wildman–Crippen MR) is 76.0 cm³/mol. The van der Waals surface area contributed by atoms with Gasteiger partial charge in [0.2, 0.25) is 15.9 Å². The lowest BCUT2D eigenvalue weighted by molar-refractivity contribution is 0.377. The molecule has 0 aliphatic rings. The molecule has 2 rings (SSSR count). The molecular formula is C12H19N5O3S. The first-order chi connectivity index (χ1) is 10.1. The van der Waals surface area contributed by atoms with Gasteiger partial charge in [-0.25, -0.2) is 13.1 Å². The Morgan fingerprint density at radius 3 is 2.95 bits per heavy atom. The maximum atomic E-state index is 12.1. The molecule has 116 valence electrons. The van der Waals surface area contributed by atoms with Crippen LogP contribution >= 0.6 is 0 Å². The molecule has 0 fully saturated rings. The molecule has 0 saturated carbocycles. The van der Waals surface area contributed by atoms with Gasteiger partial charge in [-0.2, -0.15) is 4.98 Å². The van der Waals surface area contributed by atoms with Crippen molar-refractivity contribution in [3.8, 4) is 0 Å². The fourth-order valence-electron chi connectivity index (χ4n) is 1.76. The number of nitrogens with zero attached hydrogens (tertiary/aromatic N) is 2. The van der Waals surface area contributed by atoms with E-state index in [4.69, 9.17) is 4.52 Å². The molecule has 2 aromatic rings. The lowest BCUT2D eigenvalue weighted by Gasteiger charge is -2.02. The standard InChI is InChI=1S/C12H19N5O3S/c1-2-4-13-7-10-6-11(8-14-10)21(18,19)17-5-3-12-15-9-16-20-12/h6,8-9,13-14,17H,2-5,7H2,1H3. The van der Waals surface area contributed by atoms with E-state index >= 15 is 0 Å². The zero-order valence-electron chi connectivity index (χ0n) is 11.8. The first-order valence-corrected chi connectivity index (χ1v) is 8.23. The van der Waals surface area contributed by atoms with Crippen LogP contribution in [-0.2, 0) is 23.0 Å². The van der Waals surface area contributed by atoms with E-state index < -0.39 is 10.0 Å². The van der Waals surface area contributed by atoms with Gasteiger partial charge in [0, 0.05) is 31.4 Å². The highest BCUT2D eigenvalue weighted by atomic mass is 32.2. The third-order valence-corrected chi connectivity index (χ3v) is 4.25. The third-order valence-electron chi connectivity index (χ3n) is 2.81. The summed E-state index contributed by atoms with van der Waals surface area (Å²) in [7, 11) is -3.52. The van der Waals surface area contributed by atoms with Gasteiger partial charge in [0.15, 0.2) is 6.33 Å². The molecule has 0 spiro atoms. The Morgan fingerprint density at radius 1 is 1.38 bits per heavy atom. The topological polar surface area (TPSA) is 113 Å². The zero-order valence-corrected chi connectivity index (χ0v) is 12.6. The van der Waals surface area contributed by atoms with Crippen molar-refractivity contribution in [2.24, 2.45) is 0 Å². The number of hydrogen-bond donors (Lipinski definition) is 3. The first-order valence-electron chi connectivity index (χ1n) is 6.75. The van der Waals surface area contributed by atoms with Crippen molar-refractivity contribution >= 4 is 10.0 Å². The van der Waals surface area contributed by atoms with Crippen LogP contribution in [0.4, 0.5) is 0 Å². The number of rotatable bonds is 9. The van der Waals surface area contributed by atoms with E-state index in [0.717, 1.165) is 18.7 Å². The number of sulfonamides is 1. The van der Waals surface area contributed by atoms with Crippen LogP contribution in [0.25, 0.3) is 0 Å². The van der Waals surface area contributed by atoms with E-state index in [9.17, 15) is 8.42 Å². The number of aromatic nitrogens is 3. The third kappa shape index (κ3) is 4.66. The average molecular weight is 313 g/mol. The van der Waals surface area contributed by atoms with Crippen LogP contribution in [0.1, 0.15) is 24.9 Å². The van der Waals surface area contributed by atoms with Gasteiger partial charge in [-0.15, -0.1) is 0 Å². The predicted octanol–water partition coefficient (Wildman–Crippen LogP) is 0.418. The molecule has 0 atom stereocenters. The molecule has 2 aromatic heterocycles. The molecule has 0 aromatic carbocycles. The highest BCUT2D eigenvalue weighted by Crippen LogP contribution is 2.10. The van der Waals surface area contributed by atoms with Crippen molar-refractivity contribution < 1.29 is 12.9 Å². The monoisotopic (exact) mass is 313 g/mol. The Labute approximate surface area is 123 Å². The first kappa shape index (κ1) is 15.7. The minimum absolute atomic E-state index is 0.207. The molecule has 0 bridgehead atoms. The summed E-state index contributed by atoms with van der Waals surface area (Å²) >= 11 is 0. The quantitative estimate of drug-likeness (QED) is 0.578. The highest BCUT2D eigenvalue weighted by Gasteiger charge is 2.15. The molecule has 0 aliphatic carbocycles. The van der Waals surface area contributed by atoms with Crippen LogP contribution in [0.2, 0.25) is 0 Å².